The first-order valence-corrected chi connectivity index (χ1v) is 6.55. The predicted molar refractivity (Wildman–Crippen MR) is 74.9 cm³/mol. The monoisotopic (exact) mass is 252 g/mol. The van der Waals surface area contributed by atoms with E-state index in [0.29, 0.717) is 6.42 Å². The van der Waals surface area contributed by atoms with Crippen molar-refractivity contribution in [3.63, 3.8) is 0 Å². The zero-order valence-electron chi connectivity index (χ0n) is 10.7. The van der Waals surface area contributed by atoms with Crippen molar-refractivity contribution in [3.8, 4) is 0 Å². The van der Waals surface area contributed by atoms with Crippen molar-refractivity contribution in [2.75, 3.05) is 5.73 Å². The lowest BCUT2D eigenvalue weighted by Crippen LogP contribution is -2.13. The maximum Gasteiger partial charge on any atom is 0.146 e. The van der Waals surface area contributed by atoms with E-state index < -0.39 is 0 Å². The number of aromatic nitrogens is 1. The van der Waals surface area contributed by atoms with Gasteiger partial charge in [0.15, 0.2) is 0 Å². The maximum absolute atomic E-state index is 12.4. The lowest BCUT2D eigenvalue weighted by Gasteiger charge is -2.09. The molecule has 96 valence electrons. The van der Waals surface area contributed by atoms with Gasteiger partial charge < -0.3 is 5.73 Å². The van der Waals surface area contributed by atoms with Gasteiger partial charge in [0, 0.05) is 18.3 Å². The molecule has 1 aromatic heterocycles. The Morgan fingerprint density at radius 3 is 2.84 bits per heavy atom. The van der Waals surface area contributed by atoms with Gasteiger partial charge in [0.1, 0.15) is 5.78 Å². The topological polar surface area (TPSA) is 56.0 Å². The Labute approximate surface area is 112 Å². The first-order valence-electron chi connectivity index (χ1n) is 6.55. The summed E-state index contributed by atoms with van der Waals surface area (Å²) < 4.78 is 0. The van der Waals surface area contributed by atoms with Gasteiger partial charge in [0.05, 0.1) is 11.6 Å². The molecule has 1 unspecified atom stereocenters. The summed E-state index contributed by atoms with van der Waals surface area (Å²) in [6.07, 6.45) is 4.08. The van der Waals surface area contributed by atoms with E-state index in [1.165, 1.54) is 5.56 Å². The number of carbonyl (C=O) groups is 1. The molecular weight excluding hydrogens is 236 g/mol. The van der Waals surface area contributed by atoms with E-state index in [-0.39, 0.29) is 11.7 Å². The van der Waals surface area contributed by atoms with E-state index in [1.807, 2.05) is 30.3 Å². The molecule has 3 nitrogen and oxygen atoms in total. The number of hydrogen-bond donors (Lipinski definition) is 1. The molecule has 0 bridgehead atoms. The highest BCUT2D eigenvalue weighted by Crippen LogP contribution is 2.32. The molecule has 1 aliphatic rings. The van der Waals surface area contributed by atoms with Gasteiger partial charge in [-0.15, -0.1) is 0 Å². The number of rotatable bonds is 3. The number of benzene rings is 1. The summed E-state index contributed by atoms with van der Waals surface area (Å²) in [5.74, 6) is 0.218. The van der Waals surface area contributed by atoms with E-state index in [9.17, 15) is 4.79 Å². The number of fused-ring (bicyclic) bond motifs is 1. The van der Waals surface area contributed by atoms with Crippen molar-refractivity contribution >= 4 is 11.5 Å². The van der Waals surface area contributed by atoms with Gasteiger partial charge in [-0.2, -0.15) is 0 Å². The SMILES string of the molecule is Nc1ccc(CC(=O)C2CCc3cccnc32)cc1. The second kappa shape index (κ2) is 4.84. The molecule has 1 heterocycles. The standard InChI is InChI=1S/C16H16N2O/c17-13-6-3-11(4-7-13)10-15(19)14-8-5-12-2-1-9-18-16(12)14/h1-4,6-7,9,14H,5,8,10,17H2. The summed E-state index contributed by atoms with van der Waals surface area (Å²) in [7, 11) is 0. The van der Waals surface area contributed by atoms with Crippen molar-refractivity contribution in [3.05, 3.63) is 59.4 Å². The van der Waals surface area contributed by atoms with Crippen LogP contribution in [0.5, 0.6) is 0 Å². The largest absolute Gasteiger partial charge is 0.399 e. The number of Topliss-reactive ketones (excluding diaryl/α,β-unsaturated/α-hetero) is 1. The molecule has 0 amide bonds. The number of hydrogen-bond acceptors (Lipinski definition) is 3. The molecule has 19 heavy (non-hydrogen) atoms. The lowest BCUT2D eigenvalue weighted by molar-refractivity contribution is -0.119. The van der Waals surface area contributed by atoms with E-state index in [2.05, 4.69) is 11.1 Å². The van der Waals surface area contributed by atoms with E-state index >= 15 is 0 Å². The van der Waals surface area contributed by atoms with Gasteiger partial charge in [-0.25, -0.2) is 0 Å². The van der Waals surface area contributed by atoms with E-state index in [4.69, 9.17) is 5.73 Å². The number of nitrogens with two attached hydrogens (primary N) is 1. The van der Waals surface area contributed by atoms with Crippen LogP contribution in [0.25, 0.3) is 0 Å². The van der Waals surface area contributed by atoms with Crippen LogP contribution in [0.3, 0.4) is 0 Å². The zero-order valence-corrected chi connectivity index (χ0v) is 10.7. The third-order valence-corrected chi connectivity index (χ3v) is 3.71. The zero-order chi connectivity index (χ0) is 13.2. The minimum atomic E-state index is -0.0336. The summed E-state index contributed by atoms with van der Waals surface area (Å²) in [5, 5.41) is 0. The molecule has 0 radical (unpaired) electrons. The summed E-state index contributed by atoms with van der Waals surface area (Å²) in [6.45, 7) is 0. The second-order valence-electron chi connectivity index (χ2n) is 5.02. The molecule has 0 spiro atoms. The van der Waals surface area contributed by atoms with Crippen LogP contribution in [-0.2, 0) is 17.6 Å². The van der Waals surface area contributed by atoms with Crippen LogP contribution in [-0.4, -0.2) is 10.8 Å². The highest BCUT2D eigenvalue weighted by atomic mass is 16.1. The highest BCUT2D eigenvalue weighted by Gasteiger charge is 2.29. The third-order valence-electron chi connectivity index (χ3n) is 3.71. The normalized spacial score (nSPS) is 17.2. The van der Waals surface area contributed by atoms with Crippen LogP contribution in [0.2, 0.25) is 0 Å². The minimum Gasteiger partial charge on any atom is -0.399 e. The summed E-state index contributed by atoms with van der Waals surface area (Å²) in [4.78, 5) is 16.8. The summed E-state index contributed by atoms with van der Waals surface area (Å²) in [5.41, 5.74) is 9.59. The van der Waals surface area contributed by atoms with Gasteiger partial charge in [-0.05, 0) is 42.2 Å². The molecule has 0 saturated heterocycles. The smallest absolute Gasteiger partial charge is 0.146 e. The first-order chi connectivity index (χ1) is 9.24. The molecule has 1 aliphatic carbocycles. The van der Waals surface area contributed by atoms with Crippen molar-refractivity contribution in [1.29, 1.82) is 0 Å². The van der Waals surface area contributed by atoms with Crippen LogP contribution < -0.4 is 5.73 Å². The van der Waals surface area contributed by atoms with Gasteiger partial charge >= 0.3 is 0 Å². The van der Waals surface area contributed by atoms with Gasteiger partial charge in [-0.1, -0.05) is 18.2 Å². The van der Waals surface area contributed by atoms with Crippen LogP contribution in [0, 0.1) is 0 Å². The fraction of sp³-hybridized carbons (Fsp3) is 0.250. The summed E-state index contributed by atoms with van der Waals surface area (Å²) >= 11 is 0. The minimum absolute atomic E-state index is 0.0336. The van der Waals surface area contributed by atoms with E-state index in [0.717, 1.165) is 29.8 Å². The number of anilines is 1. The predicted octanol–water partition coefficient (Wildman–Crippen LogP) is 2.51. The molecule has 1 atom stereocenters. The Bertz CT molecular complexity index is 604. The van der Waals surface area contributed by atoms with Gasteiger partial charge in [0.2, 0.25) is 0 Å². The number of aryl methyl sites for hydroxylation is 1. The molecule has 0 fully saturated rings. The molecule has 3 heteroatoms. The van der Waals surface area contributed by atoms with E-state index in [1.54, 1.807) is 6.20 Å². The van der Waals surface area contributed by atoms with Crippen molar-refractivity contribution < 1.29 is 4.79 Å². The number of nitrogen functional groups attached to an aromatic ring is 1. The second-order valence-corrected chi connectivity index (χ2v) is 5.02. The molecule has 2 N–H and O–H groups in total. The van der Waals surface area contributed by atoms with Crippen molar-refractivity contribution in [1.82, 2.24) is 4.98 Å². The first kappa shape index (κ1) is 11.9. The fourth-order valence-corrected chi connectivity index (χ4v) is 2.69. The highest BCUT2D eigenvalue weighted by molar-refractivity contribution is 5.88. The number of carbonyl (C=O) groups excluding carboxylic acids is 1. The molecule has 0 aliphatic heterocycles. The maximum atomic E-state index is 12.4. The van der Waals surface area contributed by atoms with Crippen LogP contribution in [0.4, 0.5) is 5.69 Å². The average Bonchev–Trinajstić information content (AvgIpc) is 2.85. The van der Waals surface area contributed by atoms with Crippen LogP contribution in [0.15, 0.2) is 42.6 Å². The number of nitrogens with zero attached hydrogens (tertiary/aromatic N) is 1. The molecule has 3 rings (SSSR count). The molecule has 0 saturated carbocycles. The molecule has 1 aromatic carbocycles. The Morgan fingerprint density at radius 1 is 1.26 bits per heavy atom. The Kier molecular flexibility index (Phi) is 3.03. The van der Waals surface area contributed by atoms with Crippen molar-refractivity contribution in [2.45, 2.75) is 25.2 Å². The van der Waals surface area contributed by atoms with Crippen LogP contribution >= 0.6 is 0 Å². The quantitative estimate of drug-likeness (QED) is 0.854. The van der Waals surface area contributed by atoms with Gasteiger partial charge in [-0.3, -0.25) is 9.78 Å². The molecular formula is C16H16N2O. The Balaban J connectivity index is 1.77. The van der Waals surface area contributed by atoms with Crippen LogP contribution in [0.1, 0.15) is 29.2 Å². The summed E-state index contributed by atoms with van der Waals surface area (Å²) in [6, 6.07) is 11.5. The fourth-order valence-electron chi connectivity index (χ4n) is 2.69. The van der Waals surface area contributed by atoms with Crippen molar-refractivity contribution in [2.24, 2.45) is 0 Å². The average molecular weight is 252 g/mol. The Hall–Kier alpha value is -2.16. The molecule has 2 aromatic rings. The Morgan fingerprint density at radius 2 is 2.05 bits per heavy atom. The third kappa shape index (κ3) is 2.36. The number of ketones is 1. The number of pyridine rings is 1. The lowest BCUT2D eigenvalue weighted by atomic mass is 9.95. The van der Waals surface area contributed by atoms with Gasteiger partial charge in [0.25, 0.3) is 0 Å².